The van der Waals surface area contributed by atoms with Gasteiger partial charge in [-0.3, -0.25) is 19.9 Å². The molecule has 0 aromatic carbocycles. The molecule has 2 aliphatic rings. The molecule has 136 valence electrons. The summed E-state index contributed by atoms with van der Waals surface area (Å²) < 4.78 is 0. The minimum atomic E-state index is -0.321. The molecule has 0 bridgehead atoms. The first kappa shape index (κ1) is 17.1. The molecule has 26 heavy (non-hydrogen) atoms. The quantitative estimate of drug-likeness (QED) is 0.893. The molecule has 2 aromatic rings. The summed E-state index contributed by atoms with van der Waals surface area (Å²) in [6, 6.07) is 0. The van der Waals surface area contributed by atoms with Crippen molar-refractivity contribution in [2.75, 3.05) is 11.9 Å². The van der Waals surface area contributed by atoms with Crippen molar-refractivity contribution < 1.29 is 9.59 Å². The molecule has 0 atom stereocenters. The number of thiazole rings is 1. The highest BCUT2D eigenvalue weighted by Gasteiger charge is 2.27. The van der Waals surface area contributed by atoms with Gasteiger partial charge in [-0.1, -0.05) is 24.2 Å². The van der Waals surface area contributed by atoms with Crippen LogP contribution in [0.5, 0.6) is 0 Å². The van der Waals surface area contributed by atoms with E-state index in [1.807, 2.05) is 4.90 Å². The lowest BCUT2D eigenvalue weighted by Crippen LogP contribution is -2.36. The molecule has 1 fully saturated rings. The number of nitrogens with zero attached hydrogens (tertiary/aromatic N) is 4. The van der Waals surface area contributed by atoms with Gasteiger partial charge in [0.15, 0.2) is 5.13 Å². The molecule has 8 heteroatoms. The number of carbonyl (C=O) groups is 2. The monoisotopic (exact) mass is 371 g/mol. The van der Waals surface area contributed by atoms with Crippen LogP contribution in [0.1, 0.15) is 53.2 Å². The van der Waals surface area contributed by atoms with E-state index in [1.54, 1.807) is 0 Å². The molecule has 0 unspecified atom stereocenters. The van der Waals surface area contributed by atoms with Gasteiger partial charge in [-0.2, -0.15) is 0 Å². The first-order valence-corrected chi connectivity index (χ1v) is 9.84. The molecule has 0 spiro atoms. The third-order valence-corrected chi connectivity index (χ3v) is 6.04. The number of fused-ring (bicyclic) bond motifs is 1. The van der Waals surface area contributed by atoms with Crippen LogP contribution in [-0.2, 0) is 17.8 Å². The topological polar surface area (TPSA) is 88.1 Å². The van der Waals surface area contributed by atoms with E-state index in [2.05, 4.69) is 20.3 Å². The lowest BCUT2D eigenvalue weighted by Gasteiger charge is -2.27. The Balaban J connectivity index is 1.39. The number of rotatable bonds is 4. The molecular weight excluding hydrogens is 350 g/mol. The summed E-state index contributed by atoms with van der Waals surface area (Å²) in [4.78, 5) is 40.1. The Labute approximate surface area is 155 Å². The number of aromatic nitrogens is 3. The zero-order chi connectivity index (χ0) is 17.9. The average Bonchev–Trinajstić information content (AvgIpc) is 3.30. The summed E-state index contributed by atoms with van der Waals surface area (Å²) in [5.41, 5.74) is 1.24. The number of amides is 2. The van der Waals surface area contributed by atoms with Crippen molar-refractivity contribution in [2.45, 2.75) is 45.1 Å². The number of hydrogen-bond donors (Lipinski definition) is 1. The second-order valence-corrected chi connectivity index (χ2v) is 7.94. The van der Waals surface area contributed by atoms with Gasteiger partial charge in [-0.05, 0) is 18.8 Å². The lowest BCUT2D eigenvalue weighted by molar-refractivity contribution is -0.133. The van der Waals surface area contributed by atoms with Crippen LogP contribution in [0.25, 0.3) is 0 Å². The van der Waals surface area contributed by atoms with Crippen LogP contribution in [0.2, 0.25) is 0 Å². The molecule has 1 saturated carbocycles. The van der Waals surface area contributed by atoms with Crippen molar-refractivity contribution in [3.63, 3.8) is 0 Å². The fourth-order valence-electron chi connectivity index (χ4n) is 3.63. The van der Waals surface area contributed by atoms with Gasteiger partial charge in [0, 0.05) is 36.7 Å². The SMILES string of the molecule is O=C(Nc1nc2c(s1)CN(C(=O)CC1CCCC1)CC2)c1cnccn1. The van der Waals surface area contributed by atoms with Gasteiger partial charge in [0.1, 0.15) is 5.69 Å². The van der Waals surface area contributed by atoms with Gasteiger partial charge >= 0.3 is 0 Å². The van der Waals surface area contributed by atoms with Crippen molar-refractivity contribution in [1.82, 2.24) is 19.9 Å². The fourth-order valence-corrected chi connectivity index (χ4v) is 4.65. The van der Waals surface area contributed by atoms with E-state index in [4.69, 9.17) is 0 Å². The Morgan fingerprint density at radius 2 is 2.12 bits per heavy atom. The van der Waals surface area contributed by atoms with Crippen molar-refractivity contribution in [3.05, 3.63) is 34.9 Å². The Bertz CT molecular complexity index is 801. The highest BCUT2D eigenvalue weighted by molar-refractivity contribution is 7.15. The van der Waals surface area contributed by atoms with Gasteiger partial charge in [-0.15, -0.1) is 0 Å². The standard InChI is InChI=1S/C18H21N5O2S/c24-16(9-12-3-1-2-4-12)23-8-5-13-15(11-23)26-18(21-13)22-17(25)14-10-19-6-7-20-14/h6-7,10,12H,1-5,8-9,11H2,(H,21,22,25). The number of anilines is 1. The predicted molar refractivity (Wildman–Crippen MR) is 97.8 cm³/mol. The summed E-state index contributed by atoms with van der Waals surface area (Å²) in [7, 11) is 0. The van der Waals surface area contributed by atoms with Crippen molar-refractivity contribution >= 4 is 28.3 Å². The third kappa shape index (κ3) is 3.75. The summed E-state index contributed by atoms with van der Waals surface area (Å²) in [6.45, 7) is 1.30. The highest BCUT2D eigenvalue weighted by atomic mass is 32.1. The Hall–Kier alpha value is -2.35. The number of hydrogen-bond acceptors (Lipinski definition) is 6. The number of nitrogens with one attached hydrogen (secondary N) is 1. The zero-order valence-corrected chi connectivity index (χ0v) is 15.3. The lowest BCUT2D eigenvalue weighted by atomic mass is 10.0. The van der Waals surface area contributed by atoms with Gasteiger partial charge in [0.05, 0.1) is 18.4 Å². The number of carbonyl (C=O) groups excluding carboxylic acids is 2. The maximum atomic E-state index is 12.6. The molecule has 1 N–H and O–H groups in total. The maximum absolute atomic E-state index is 12.6. The first-order valence-electron chi connectivity index (χ1n) is 9.03. The van der Waals surface area contributed by atoms with E-state index in [9.17, 15) is 9.59 Å². The van der Waals surface area contributed by atoms with E-state index in [1.165, 1.54) is 55.6 Å². The molecule has 7 nitrogen and oxygen atoms in total. The third-order valence-electron chi connectivity index (χ3n) is 5.04. The molecule has 2 aromatic heterocycles. The normalized spacial score (nSPS) is 17.2. The van der Waals surface area contributed by atoms with Crippen LogP contribution in [0.4, 0.5) is 5.13 Å². The fraction of sp³-hybridized carbons (Fsp3) is 0.500. The molecule has 0 saturated heterocycles. The predicted octanol–water partition coefficient (Wildman–Crippen LogP) is 2.65. The minimum Gasteiger partial charge on any atom is -0.337 e. The van der Waals surface area contributed by atoms with Crippen LogP contribution in [0, 0.1) is 5.92 Å². The molecule has 3 heterocycles. The summed E-state index contributed by atoms with van der Waals surface area (Å²) in [5, 5.41) is 3.33. The van der Waals surface area contributed by atoms with E-state index in [-0.39, 0.29) is 17.5 Å². The van der Waals surface area contributed by atoms with E-state index >= 15 is 0 Å². The molecule has 0 radical (unpaired) electrons. The largest absolute Gasteiger partial charge is 0.337 e. The second kappa shape index (κ2) is 7.49. The van der Waals surface area contributed by atoms with Crippen LogP contribution in [0.15, 0.2) is 18.6 Å². The summed E-state index contributed by atoms with van der Waals surface area (Å²) in [5.74, 6) is 0.492. The minimum absolute atomic E-state index is 0.251. The van der Waals surface area contributed by atoms with Gasteiger partial charge in [-0.25, -0.2) is 9.97 Å². The van der Waals surface area contributed by atoms with Crippen molar-refractivity contribution in [2.24, 2.45) is 5.92 Å². The average molecular weight is 371 g/mol. The first-order chi connectivity index (χ1) is 12.7. The molecule has 4 rings (SSSR count). The van der Waals surface area contributed by atoms with Crippen LogP contribution in [-0.4, -0.2) is 38.2 Å². The summed E-state index contributed by atoms with van der Waals surface area (Å²) in [6.07, 6.45) is 10.7. The highest BCUT2D eigenvalue weighted by Crippen LogP contribution is 2.31. The Morgan fingerprint density at radius 3 is 2.88 bits per heavy atom. The molecule has 1 aliphatic carbocycles. The van der Waals surface area contributed by atoms with Gasteiger partial charge in [0.25, 0.3) is 5.91 Å². The maximum Gasteiger partial charge on any atom is 0.277 e. The molecule has 2 amide bonds. The van der Waals surface area contributed by atoms with E-state index < -0.39 is 0 Å². The van der Waals surface area contributed by atoms with Crippen molar-refractivity contribution in [1.29, 1.82) is 0 Å². The Morgan fingerprint density at radius 1 is 1.27 bits per heavy atom. The molecular formula is C18H21N5O2S. The second-order valence-electron chi connectivity index (χ2n) is 6.85. The van der Waals surface area contributed by atoms with E-state index in [0.717, 1.165) is 17.0 Å². The Kier molecular flexibility index (Phi) is 4.92. The van der Waals surface area contributed by atoms with Crippen molar-refractivity contribution in [3.8, 4) is 0 Å². The smallest absolute Gasteiger partial charge is 0.277 e. The van der Waals surface area contributed by atoms with Crippen LogP contribution in [0.3, 0.4) is 0 Å². The van der Waals surface area contributed by atoms with Crippen LogP contribution >= 0.6 is 11.3 Å². The zero-order valence-electron chi connectivity index (χ0n) is 14.5. The van der Waals surface area contributed by atoms with Gasteiger partial charge in [0.2, 0.25) is 5.91 Å². The molecule has 1 aliphatic heterocycles. The summed E-state index contributed by atoms with van der Waals surface area (Å²) >= 11 is 1.44. The van der Waals surface area contributed by atoms with Crippen LogP contribution < -0.4 is 5.32 Å². The van der Waals surface area contributed by atoms with Gasteiger partial charge < -0.3 is 4.90 Å². The van der Waals surface area contributed by atoms with E-state index in [0.29, 0.717) is 30.6 Å².